The largest absolute Gasteiger partial charge is 0.486 e. The van der Waals surface area contributed by atoms with Crippen molar-refractivity contribution in [1.29, 1.82) is 0 Å². The van der Waals surface area contributed by atoms with Gasteiger partial charge in [-0.3, -0.25) is 4.79 Å². The van der Waals surface area contributed by atoms with Gasteiger partial charge in [-0.25, -0.2) is 4.79 Å². The summed E-state index contributed by atoms with van der Waals surface area (Å²) in [5.74, 6) is 0.203. The number of rotatable bonds is 5. The molecule has 0 aromatic heterocycles. The summed E-state index contributed by atoms with van der Waals surface area (Å²) in [6.07, 6.45) is 2.01. The van der Waals surface area contributed by atoms with Crippen molar-refractivity contribution in [2.45, 2.75) is 20.0 Å². The van der Waals surface area contributed by atoms with Gasteiger partial charge >= 0.3 is 5.97 Å². The summed E-state index contributed by atoms with van der Waals surface area (Å²) >= 11 is 0. The van der Waals surface area contributed by atoms with Crippen LogP contribution in [0.25, 0.3) is 6.08 Å². The number of esters is 1. The van der Waals surface area contributed by atoms with Gasteiger partial charge in [-0.15, -0.1) is 0 Å². The van der Waals surface area contributed by atoms with E-state index in [1.807, 2.05) is 31.2 Å². The summed E-state index contributed by atoms with van der Waals surface area (Å²) in [5, 5.41) is 2.70. The highest BCUT2D eigenvalue weighted by Gasteiger charge is 2.18. The van der Waals surface area contributed by atoms with Gasteiger partial charge in [0, 0.05) is 17.8 Å². The van der Waals surface area contributed by atoms with Crippen LogP contribution in [0.5, 0.6) is 11.5 Å². The van der Waals surface area contributed by atoms with E-state index >= 15 is 0 Å². The first-order valence-electron chi connectivity index (χ1n) is 8.67. The van der Waals surface area contributed by atoms with E-state index in [0.29, 0.717) is 30.4 Å². The van der Waals surface area contributed by atoms with Crippen molar-refractivity contribution in [3.8, 4) is 11.5 Å². The summed E-state index contributed by atoms with van der Waals surface area (Å²) in [6, 6.07) is 12.8. The highest BCUT2D eigenvalue weighted by atomic mass is 16.6. The van der Waals surface area contributed by atoms with Crippen LogP contribution in [0.15, 0.2) is 48.5 Å². The van der Waals surface area contributed by atoms with E-state index in [0.717, 1.165) is 11.1 Å². The molecule has 1 heterocycles. The molecule has 0 radical (unpaired) electrons. The quantitative estimate of drug-likeness (QED) is 0.648. The molecule has 6 nitrogen and oxygen atoms in total. The minimum absolute atomic E-state index is 0.427. The number of hydrogen-bond donors (Lipinski definition) is 1. The van der Waals surface area contributed by atoms with Gasteiger partial charge in [0.1, 0.15) is 13.2 Å². The Bertz CT molecular complexity index is 857. The fourth-order valence-corrected chi connectivity index (χ4v) is 2.47. The van der Waals surface area contributed by atoms with Gasteiger partial charge in [0.15, 0.2) is 17.6 Å². The maximum Gasteiger partial charge on any atom is 0.331 e. The second-order valence-electron chi connectivity index (χ2n) is 6.17. The van der Waals surface area contributed by atoms with Crippen molar-refractivity contribution in [3.05, 3.63) is 59.7 Å². The van der Waals surface area contributed by atoms with Crippen LogP contribution in [0.2, 0.25) is 0 Å². The Labute approximate surface area is 157 Å². The minimum atomic E-state index is -0.937. The van der Waals surface area contributed by atoms with E-state index in [1.54, 1.807) is 24.3 Å². The predicted octanol–water partition coefficient (Wildman–Crippen LogP) is 3.35. The van der Waals surface area contributed by atoms with Crippen LogP contribution in [0, 0.1) is 6.92 Å². The van der Waals surface area contributed by atoms with Gasteiger partial charge in [-0.1, -0.05) is 29.8 Å². The van der Waals surface area contributed by atoms with Crippen LogP contribution in [-0.4, -0.2) is 31.2 Å². The number of hydrogen-bond acceptors (Lipinski definition) is 5. The molecule has 0 bridgehead atoms. The molecule has 3 rings (SSSR count). The first kappa shape index (κ1) is 18.5. The zero-order valence-corrected chi connectivity index (χ0v) is 15.2. The Morgan fingerprint density at radius 2 is 1.78 bits per heavy atom. The number of carbonyl (C=O) groups excluding carboxylic acids is 2. The lowest BCUT2D eigenvalue weighted by atomic mass is 10.1. The summed E-state index contributed by atoms with van der Waals surface area (Å²) in [7, 11) is 0. The molecule has 0 unspecified atom stereocenters. The van der Waals surface area contributed by atoms with Crippen molar-refractivity contribution in [2.75, 3.05) is 18.5 Å². The second-order valence-corrected chi connectivity index (χ2v) is 6.17. The normalized spacial score (nSPS) is 13.9. The Kier molecular flexibility index (Phi) is 5.76. The molecule has 1 amide bonds. The number of carbonyl (C=O) groups is 2. The molecule has 1 N–H and O–H groups in total. The highest BCUT2D eigenvalue weighted by Crippen LogP contribution is 2.32. The lowest BCUT2D eigenvalue weighted by molar-refractivity contribution is -0.148. The first-order valence-corrected chi connectivity index (χ1v) is 8.67. The summed E-state index contributed by atoms with van der Waals surface area (Å²) < 4.78 is 16.1. The number of benzene rings is 2. The van der Waals surface area contributed by atoms with Crippen LogP contribution in [0.4, 0.5) is 5.69 Å². The fraction of sp³-hybridized carbons (Fsp3) is 0.238. The minimum Gasteiger partial charge on any atom is -0.486 e. The topological polar surface area (TPSA) is 73.9 Å². The maximum atomic E-state index is 12.2. The van der Waals surface area contributed by atoms with E-state index in [9.17, 15) is 9.59 Å². The molecule has 0 aliphatic carbocycles. The zero-order chi connectivity index (χ0) is 19.2. The summed E-state index contributed by atoms with van der Waals surface area (Å²) in [6.45, 7) is 4.47. The average molecular weight is 367 g/mol. The number of fused-ring (bicyclic) bond motifs is 1. The number of anilines is 1. The second kappa shape index (κ2) is 8.40. The molecule has 0 saturated heterocycles. The lowest BCUT2D eigenvalue weighted by Gasteiger charge is -2.19. The zero-order valence-electron chi connectivity index (χ0n) is 15.2. The molecule has 140 valence electrons. The van der Waals surface area contributed by atoms with Gasteiger partial charge in [0.05, 0.1) is 0 Å². The summed E-state index contributed by atoms with van der Waals surface area (Å²) in [4.78, 5) is 24.2. The third kappa shape index (κ3) is 5.10. The smallest absolute Gasteiger partial charge is 0.331 e. The number of ether oxygens (including phenoxy) is 3. The SMILES string of the molecule is Cc1ccc(/C=C/C(=O)O[C@@H](C)C(=O)Nc2ccc3c(c2)OCCO3)cc1. The van der Waals surface area contributed by atoms with Crippen molar-refractivity contribution in [2.24, 2.45) is 0 Å². The highest BCUT2D eigenvalue weighted by molar-refractivity contribution is 5.96. The molecule has 2 aromatic carbocycles. The molecular weight excluding hydrogens is 346 g/mol. The Balaban J connectivity index is 1.54. The Hall–Kier alpha value is -3.28. The third-order valence-corrected chi connectivity index (χ3v) is 3.96. The van der Waals surface area contributed by atoms with E-state index in [4.69, 9.17) is 14.2 Å². The molecule has 0 fully saturated rings. The number of aryl methyl sites for hydroxylation is 1. The van der Waals surface area contributed by atoms with E-state index < -0.39 is 18.0 Å². The number of amides is 1. The van der Waals surface area contributed by atoms with Crippen LogP contribution < -0.4 is 14.8 Å². The molecule has 0 saturated carbocycles. The van der Waals surface area contributed by atoms with E-state index in [2.05, 4.69) is 5.32 Å². The molecule has 6 heteroatoms. The van der Waals surface area contributed by atoms with Gasteiger partial charge in [0.25, 0.3) is 5.91 Å². The monoisotopic (exact) mass is 367 g/mol. The van der Waals surface area contributed by atoms with Crippen LogP contribution in [-0.2, 0) is 14.3 Å². The average Bonchev–Trinajstić information content (AvgIpc) is 2.67. The maximum absolute atomic E-state index is 12.2. The van der Waals surface area contributed by atoms with E-state index in [1.165, 1.54) is 13.0 Å². The number of nitrogens with one attached hydrogen (secondary N) is 1. The molecule has 0 spiro atoms. The van der Waals surface area contributed by atoms with Crippen molar-refractivity contribution < 1.29 is 23.8 Å². The van der Waals surface area contributed by atoms with Gasteiger partial charge < -0.3 is 19.5 Å². The molecule has 2 aromatic rings. The molecule has 1 aliphatic heterocycles. The molecule has 1 atom stereocenters. The molecular formula is C21H21NO5. The molecule has 27 heavy (non-hydrogen) atoms. The Morgan fingerprint density at radius 3 is 2.52 bits per heavy atom. The Morgan fingerprint density at radius 1 is 1.07 bits per heavy atom. The standard InChI is InChI=1S/C21H21NO5/c1-14-3-5-16(6-4-14)7-10-20(23)27-15(2)21(24)22-17-8-9-18-19(13-17)26-12-11-25-18/h3-10,13,15H,11-12H2,1-2H3,(H,22,24)/b10-7+/t15-/m0/s1. The van der Waals surface area contributed by atoms with Gasteiger partial charge in [-0.05, 0) is 37.6 Å². The van der Waals surface area contributed by atoms with E-state index in [-0.39, 0.29) is 0 Å². The fourth-order valence-electron chi connectivity index (χ4n) is 2.47. The van der Waals surface area contributed by atoms with Crippen molar-refractivity contribution >= 4 is 23.6 Å². The summed E-state index contributed by atoms with van der Waals surface area (Å²) in [5.41, 5.74) is 2.56. The van der Waals surface area contributed by atoms with Crippen molar-refractivity contribution in [3.63, 3.8) is 0 Å². The predicted molar refractivity (Wildman–Crippen MR) is 102 cm³/mol. The van der Waals surface area contributed by atoms with Crippen LogP contribution in [0.1, 0.15) is 18.1 Å². The lowest BCUT2D eigenvalue weighted by Crippen LogP contribution is -2.29. The van der Waals surface area contributed by atoms with Gasteiger partial charge in [-0.2, -0.15) is 0 Å². The third-order valence-electron chi connectivity index (χ3n) is 3.96. The first-order chi connectivity index (χ1) is 13.0. The molecule has 1 aliphatic rings. The van der Waals surface area contributed by atoms with Crippen LogP contribution >= 0.6 is 0 Å². The van der Waals surface area contributed by atoms with Crippen molar-refractivity contribution in [1.82, 2.24) is 0 Å². The van der Waals surface area contributed by atoms with Gasteiger partial charge in [0.2, 0.25) is 0 Å². The van der Waals surface area contributed by atoms with Crippen LogP contribution in [0.3, 0.4) is 0 Å².